The van der Waals surface area contributed by atoms with Gasteiger partial charge in [0, 0.05) is 29.8 Å². The number of carbonyl (C=O) groups excluding carboxylic acids is 1. The molecular formula is C19H19N5O. The van der Waals surface area contributed by atoms with Gasteiger partial charge in [0.15, 0.2) is 0 Å². The lowest BCUT2D eigenvalue weighted by Crippen LogP contribution is -2.39. The van der Waals surface area contributed by atoms with Gasteiger partial charge in [-0.3, -0.25) is 9.48 Å². The van der Waals surface area contributed by atoms with Crippen LogP contribution in [-0.4, -0.2) is 37.7 Å². The van der Waals surface area contributed by atoms with Gasteiger partial charge in [-0.1, -0.05) is 18.2 Å². The van der Waals surface area contributed by atoms with Gasteiger partial charge in [-0.25, -0.2) is 0 Å². The van der Waals surface area contributed by atoms with Gasteiger partial charge in [0.05, 0.1) is 18.7 Å². The van der Waals surface area contributed by atoms with Crippen molar-refractivity contribution in [1.29, 1.82) is 5.26 Å². The fraction of sp³-hybridized carbons (Fsp3) is 0.316. The third-order valence-corrected chi connectivity index (χ3v) is 4.85. The first-order chi connectivity index (χ1) is 12.3. The largest absolute Gasteiger partial charge is 0.333 e. The standard InChI is InChI=1S/C19H19N5O/c20-8-12-24-17-7-2-1-5-15(17)13-18(24)19(25)23-11-3-6-16(23)14-22-10-4-9-21-22/h1-2,4-5,7,9-10,13,16H,3,6,11-12,14H2. The van der Waals surface area contributed by atoms with E-state index >= 15 is 0 Å². The first kappa shape index (κ1) is 15.5. The van der Waals surface area contributed by atoms with Gasteiger partial charge in [-0.2, -0.15) is 10.4 Å². The molecule has 6 heteroatoms. The summed E-state index contributed by atoms with van der Waals surface area (Å²) in [4.78, 5) is 15.2. The monoisotopic (exact) mass is 333 g/mol. The number of rotatable bonds is 4. The van der Waals surface area contributed by atoms with Crippen LogP contribution in [0.25, 0.3) is 10.9 Å². The summed E-state index contributed by atoms with van der Waals surface area (Å²) in [5, 5.41) is 14.4. The molecule has 2 aromatic heterocycles. The van der Waals surface area contributed by atoms with Crippen LogP contribution < -0.4 is 0 Å². The number of hydrogen-bond acceptors (Lipinski definition) is 3. The van der Waals surface area contributed by atoms with E-state index < -0.39 is 0 Å². The Morgan fingerprint density at radius 1 is 1.32 bits per heavy atom. The Morgan fingerprint density at radius 2 is 2.20 bits per heavy atom. The van der Waals surface area contributed by atoms with E-state index in [1.807, 2.05) is 56.7 Å². The number of fused-ring (bicyclic) bond motifs is 1. The quantitative estimate of drug-likeness (QED) is 0.737. The van der Waals surface area contributed by atoms with Gasteiger partial charge in [0.2, 0.25) is 0 Å². The number of likely N-dealkylation sites (tertiary alicyclic amines) is 1. The molecule has 0 bridgehead atoms. The van der Waals surface area contributed by atoms with Gasteiger partial charge in [0.1, 0.15) is 12.2 Å². The highest BCUT2D eigenvalue weighted by molar-refractivity contribution is 5.99. The first-order valence-electron chi connectivity index (χ1n) is 8.51. The topological polar surface area (TPSA) is 66.8 Å². The molecule has 1 aromatic carbocycles. The van der Waals surface area contributed by atoms with Crippen molar-refractivity contribution in [3.05, 3.63) is 54.5 Å². The van der Waals surface area contributed by atoms with E-state index in [1.165, 1.54) is 0 Å². The number of para-hydroxylation sites is 1. The minimum absolute atomic E-state index is 0.00102. The normalized spacial score (nSPS) is 17.1. The van der Waals surface area contributed by atoms with Crippen molar-refractivity contribution in [2.75, 3.05) is 6.54 Å². The van der Waals surface area contributed by atoms with E-state index in [0.29, 0.717) is 12.2 Å². The predicted molar refractivity (Wildman–Crippen MR) is 93.8 cm³/mol. The summed E-state index contributed by atoms with van der Waals surface area (Å²) in [5.41, 5.74) is 1.52. The Balaban J connectivity index is 1.67. The molecule has 3 aromatic rings. The van der Waals surface area contributed by atoms with E-state index in [2.05, 4.69) is 11.2 Å². The number of aromatic nitrogens is 3. The number of carbonyl (C=O) groups is 1. The van der Waals surface area contributed by atoms with Crippen molar-refractivity contribution in [3.8, 4) is 6.07 Å². The summed E-state index contributed by atoms with van der Waals surface area (Å²) in [5.74, 6) is 0.00102. The number of benzene rings is 1. The molecule has 4 rings (SSSR count). The highest BCUT2D eigenvalue weighted by atomic mass is 16.2. The van der Waals surface area contributed by atoms with Crippen LogP contribution in [0.4, 0.5) is 0 Å². The average molecular weight is 333 g/mol. The molecule has 0 spiro atoms. The van der Waals surface area contributed by atoms with Crippen molar-refractivity contribution in [3.63, 3.8) is 0 Å². The summed E-state index contributed by atoms with van der Waals surface area (Å²) < 4.78 is 3.70. The van der Waals surface area contributed by atoms with Gasteiger partial charge >= 0.3 is 0 Å². The smallest absolute Gasteiger partial charge is 0.270 e. The number of nitrogens with zero attached hydrogens (tertiary/aromatic N) is 5. The molecule has 1 amide bonds. The van der Waals surface area contributed by atoms with Crippen LogP contribution in [0.15, 0.2) is 48.8 Å². The van der Waals surface area contributed by atoms with E-state index in [0.717, 1.165) is 30.3 Å². The summed E-state index contributed by atoms with van der Waals surface area (Å²) >= 11 is 0. The van der Waals surface area contributed by atoms with Gasteiger partial charge < -0.3 is 9.47 Å². The number of hydrogen-bond donors (Lipinski definition) is 0. The van der Waals surface area contributed by atoms with Crippen molar-refractivity contribution in [2.45, 2.75) is 32.0 Å². The molecule has 1 unspecified atom stereocenters. The number of nitriles is 1. The molecule has 25 heavy (non-hydrogen) atoms. The third kappa shape index (κ3) is 2.78. The maximum absolute atomic E-state index is 13.2. The van der Waals surface area contributed by atoms with Gasteiger partial charge in [-0.05, 0) is 31.0 Å². The predicted octanol–water partition coefficient (Wildman–Crippen LogP) is 2.67. The molecular weight excluding hydrogens is 314 g/mol. The average Bonchev–Trinajstić information content (AvgIpc) is 3.36. The molecule has 0 N–H and O–H groups in total. The van der Waals surface area contributed by atoms with Crippen LogP contribution in [0.2, 0.25) is 0 Å². The van der Waals surface area contributed by atoms with E-state index in [-0.39, 0.29) is 18.5 Å². The van der Waals surface area contributed by atoms with Gasteiger partial charge in [-0.15, -0.1) is 0 Å². The Labute approximate surface area is 145 Å². The Bertz CT molecular complexity index is 935. The molecule has 1 saturated heterocycles. The second-order valence-electron chi connectivity index (χ2n) is 6.36. The maximum Gasteiger partial charge on any atom is 0.270 e. The molecule has 1 fully saturated rings. The summed E-state index contributed by atoms with van der Waals surface area (Å²) in [6, 6.07) is 13.9. The second-order valence-corrected chi connectivity index (χ2v) is 6.36. The lowest BCUT2D eigenvalue weighted by molar-refractivity contribution is 0.0712. The summed E-state index contributed by atoms with van der Waals surface area (Å²) in [6.45, 7) is 1.63. The lowest BCUT2D eigenvalue weighted by Gasteiger charge is -2.25. The highest BCUT2D eigenvalue weighted by Gasteiger charge is 2.31. The molecule has 3 heterocycles. The van der Waals surface area contributed by atoms with E-state index in [9.17, 15) is 10.1 Å². The maximum atomic E-state index is 13.2. The molecule has 0 aliphatic carbocycles. The van der Waals surface area contributed by atoms with Crippen LogP contribution in [0, 0.1) is 11.3 Å². The van der Waals surface area contributed by atoms with Crippen LogP contribution in [0.3, 0.4) is 0 Å². The Hall–Kier alpha value is -3.07. The molecule has 0 saturated carbocycles. The SMILES string of the molecule is N#CCn1c(C(=O)N2CCCC2Cn2cccn2)cc2ccccc21. The van der Waals surface area contributed by atoms with Crippen molar-refractivity contribution in [2.24, 2.45) is 0 Å². The molecule has 1 aliphatic heterocycles. The van der Waals surface area contributed by atoms with Crippen LogP contribution in [0.1, 0.15) is 23.3 Å². The van der Waals surface area contributed by atoms with Crippen LogP contribution in [-0.2, 0) is 13.1 Å². The lowest BCUT2D eigenvalue weighted by atomic mass is 10.2. The molecule has 6 nitrogen and oxygen atoms in total. The molecule has 1 atom stereocenters. The van der Waals surface area contributed by atoms with Crippen molar-refractivity contribution in [1.82, 2.24) is 19.2 Å². The summed E-state index contributed by atoms with van der Waals surface area (Å²) in [6.07, 6.45) is 5.65. The van der Waals surface area contributed by atoms with E-state index in [1.54, 1.807) is 6.20 Å². The Morgan fingerprint density at radius 3 is 3.00 bits per heavy atom. The zero-order chi connectivity index (χ0) is 17.2. The van der Waals surface area contributed by atoms with Gasteiger partial charge in [0.25, 0.3) is 5.91 Å². The summed E-state index contributed by atoms with van der Waals surface area (Å²) in [7, 11) is 0. The fourth-order valence-electron chi connectivity index (χ4n) is 3.69. The minimum atomic E-state index is 0.00102. The number of amides is 1. The molecule has 1 aliphatic rings. The van der Waals surface area contributed by atoms with Crippen LogP contribution in [0.5, 0.6) is 0 Å². The highest BCUT2D eigenvalue weighted by Crippen LogP contribution is 2.25. The van der Waals surface area contributed by atoms with Crippen molar-refractivity contribution < 1.29 is 4.79 Å². The molecule has 126 valence electrons. The van der Waals surface area contributed by atoms with Crippen molar-refractivity contribution >= 4 is 16.8 Å². The third-order valence-electron chi connectivity index (χ3n) is 4.85. The zero-order valence-corrected chi connectivity index (χ0v) is 13.9. The van der Waals surface area contributed by atoms with E-state index in [4.69, 9.17) is 0 Å². The second kappa shape index (κ2) is 6.44. The minimum Gasteiger partial charge on any atom is -0.333 e. The Kier molecular flexibility index (Phi) is 3.98. The fourth-order valence-corrected chi connectivity index (χ4v) is 3.69. The zero-order valence-electron chi connectivity index (χ0n) is 13.9. The molecule has 0 radical (unpaired) electrons. The van der Waals surface area contributed by atoms with Crippen LogP contribution >= 0.6 is 0 Å². The first-order valence-corrected chi connectivity index (χ1v) is 8.51.